The Morgan fingerprint density at radius 3 is 2.41 bits per heavy atom. The Labute approximate surface area is 138 Å². The Bertz CT molecular complexity index is 347. The van der Waals surface area contributed by atoms with Crippen LogP contribution in [0.1, 0.15) is 38.5 Å². The lowest BCUT2D eigenvalue weighted by molar-refractivity contribution is -0.128. The number of hydrogen-bond donors (Lipinski definition) is 1. The minimum atomic E-state index is 0.188. The third kappa shape index (κ3) is 4.62. The van der Waals surface area contributed by atoms with Crippen molar-refractivity contribution in [2.45, 2.75) is 44.6 Å². The maximum Gasteiger partial charge on any atom is 0.223 e. The fourth-order valence-electron chi connectivity index (χ4n) is 3.92. The average molecular weight is 327 g/mol. The predicted octanol–water partition coefficient (Wildman–Crippen LogP) is 2.14. The molecule has 3 rings (SSSR count). The molecule has 3 aliphatic heterocycles. The number of carbonyl (C=O) groups is 1. The number of piperidine rings is 1. The zero-order chi connectivity index (χ0) is 15.2. The van der Waals surface area contributed by atoms with Gasteiger partial charge in [0.15, 0.2) is 0 Å². The summed E-state index contributed by atoms with van der Waals surface area (Å²) in [6.45, 7) is 4.83. The molecule has 0 aromatic carbocycles. The Morgan fingerprint density at radius 2 is 1.73 bits per heavy atom. The van der Waals surface area contributed by atoms with Gasteiger partial charge in [0.05, 0.1) is 0 Å². The lowest BCUT2D eigenvalue weighted by Gasteiger charge is -2.39. The van der Waals surface area contributed by atoms with E-state index in [0.717, 1.165) is 38.6 Å². The maximum absolute atomic E-state index is 12.2. The fraction of sp³-hybridized carbons (Fsp3) is 0.941. The van der Waals surface area contributed by atoms with Crippen LogP contribution in [0, 0.1) is 11.8 Å². The Kier molecular flexibility index (Phi) is 6.45. The summed E-state index contributed by atoms with van der Waals surface area (Å²) in [5.74, 6) is 3.80. The minimum absolute atomic E-state index is 0.188. The second kappa shape index (κ2) is 8.55. The van der Waals surface area contributed by atoms with Gasteiger partial charge in [-0.05, 0) is 69.0 Å². The molecule has 0 aromatic heterocycles. The molecule has 0 saturated carbocycles. The van der Waals surface area contributed by atoms with Crippen molar-refractivity contribution in [1.29, 1.82) is 0 Å². The van der Waals surface area contributed by atoms with Gasteiger partial charge in [-0.2, -0.15) is 11.8 Å². The summed E-state index contributed by atoms with van der Waals surface area (Å²) in [4.78, 5) is 14.9. The van der Waals surface area contributed by atoms with Crippen LogP contribution >= 0.6 is 11.8 Å². The van der Waals surface area contributed by atoms with Crippen LogP contribution < -0.4 is 5.32 Å². The number of likely N-dealkylation sites (tertiary alicyclic amines) is 1. The molecule has 3 saturated heterocycles. The van der Waals surface area contributed by atoms with Gasteiger partial charge < -0.3 is 15.0 Å². The van der Waals surface area contributed by atoms with Gasteiger partial charge in [-0.3, -0.25) is 4.79 Å². The first-order valence-electron chi connectivity index (χ1n) is 9.00. The highest BCUT2D eigenvalue weighted by Gasteiger charge is 2.27. The summed E-state index contributed by atoms with van der Waals surface area (Å²) in [5, 5.41) is 3.20. The first-order valence-corrected chi connectivity index (χ1v) is 10.2. The molecule has 3 aliphatic rings. The quantitative estimate of drug-likeness (QED) is 0.859. The normalized spacial score (nSPS) is 26.9. The molecule has 0 spiro atoms. The van der Waals surface area contributed by atoms with Crippen molar-refractivity contribution in [3.05, 3.63) is 0 Å². The third-order valence-electron chi connectivity index (χ3n) is 5.51. The smallest absolute Gasteiger partial charge is 0.223 e. The second-order valence-electron chi connectivity index (χ2n) is 6.95. The lowest BCUT2D eigenvalue weighted by atomic mass is 9.94. The van der Waals surface area contributed by atoms with Crippen molar-refractivity contribution in [3.63, 3.8) is 0 Å². The molecule has 3 heterocycles. The van der Waals surface area contributed by atoms with Crippen LogP contribution in [0.15, 0.2) is 0 Å². The van der Waals surface area contributed by atoms with Crippen LogP contribution in [-0.4, -0.2) is 61.2 Å². The van der Waals surface area contributed by atoms with Crippen LogP contribution in [0.4, 0.5) is 0 Å². The van der Waals surface area contributed by atoms with Gasteiger partial charge in [-0.25, -0.2) is 0 Å². The van der Waals surface area contributed by atoms with E-state index in [9.17, 15) is 4.79 Å². The van der Waals surface area contributed by atoms with E-state index in [1.165, 1.54) is 50.3 Å². The Hall–Kier alpha value is -0.260. The van der Waals surface area contributed by atoms with Gasteiger partial charge >= 0.3 is 0 Å². The molecule has 0 aromatic rings. The van der Waals surface area contributed by atoms with Crippen LogP contribution in [0.2, 0.25) is 0 Å². The van der Waals surface area contributed by atoms with Gasteiger partial charge in [0.25, 0.3) is 0 Å². The van der Waals surface area contributed by atoms with E-state index < -0.39 is 0 Å². The van der Waals surface area contributed by atoms with Crippen molar-refractivity contribution >= 4 is 17.7 Å². The first kappa shape index (κ1) is 16.6. The Morgan fingerprint density at radius 1 is 1.05 bits per heavy atom. The lowest BCUT2D eigenvalue weighted by Crippen LogP contribution is -2.45. The van der Waals surface area contributed by atoms with Crippen LogP contribution in [0.25, 0.3) is 0 Å². The molecular weight excluding hydrogens is 296 g/mol. The molecule has 1 amide bonds. The molecule has 3 fully saturated rings. The molecule has 22 heavy (non-hydrogen) atoms. The number of amides is 1. The standard InChI is InChI=1S/C17H30N2O2S/c20-17(15-3-9-21-10-4-15)18-13-14-1-7-19(8-2-14)16-5-11-22-12-6-16/h14-16H,1-13H2,(H,18,20). The third-order valence-corrected chi connectivity index (χ3v) is 6.56. The summed E-state index contributed by atoms with van der Waals surface area (Å²) >= 11 is 2.10. The van der Waals surface area contributed by atoms with Gasteiger partial charge in [-0.1, -0.05) is 0 Å². The van der Waals surface area contributed by atoms with E-state index in [4.69, 9.17) is 4.74 Å². The van der Waals surface area contributed by atoms with Crippen molar-refractivity contribution < 1.29 is 9.53 Å². The highest BCUT2D eigenvalue weighted by molar-refractivity contribution is 7.99. The second-order valence-corrected chi connectivity index (χ2v) is 8.18. The first-order chi connectivity index (χ1) is 10.8. The largest absolute Gasteiger partial charge is 0.381 e. The molecule has 0 aliphatic carbocycles. The maximum atomic E-state index is 12.2. The van der Waals surface area contributed by atoms with Crippen molar-refractivity contribution in [2.75, 3.05) is 44.4 Å². The zero-order valence-electron chi connectivity index (χ0n) is 13.6. The minimum Gasteiger partial charge on any atom is -0.381 e. The number of carbonyl (C=O) groups excluding carboxylic acids is 1. The number of nitrogens with zero attached hydrogens (tertiary/aromatic N) is 1. The average Bonchev–Trinajstić information content (AvgIpc) is 2.61. The summed E-state index contributed by atoms with van der Waals surface area (Å²) in [7, 11) is 0. The Balaban J connectivity index is 1.34. The van der Waals surface area contributed by atoms with Gasteiger partial charge in [0, 0.05) is 31.7 Å². The monoisotopic (exact) mass is 326 g/mol. The topological polar surface area (TPSA) is 41.6 Å². The van der Waals surface area contributed by atoms with E-state index in [0.29, 0.717) is 5.92 Å². The summed E-state index contributed by atoms with van der Waals surface area (Å²) in [5.41, 5.74) is 0. The molecule has 0 radical (unpaired) electrons. The molecular formula is C17H30N2O2S. The molecule has 0 atom stereocenters. The molecule has 4 nitrogen and oxygen atoms in total. The van der Waals surface area contributed by atoms with E-state index in [1.54, 1.807) is 0 Å². The van der Waals surface area contributed by atoms with Crippen molar-refractivity contribution in [3.8, 4) is 0 Å². The van der Waals surface area contributed by atoms with Crippen LogP contribution in [0.5, 0.6) is 0 Å². The fourth-order valence-corrected chi connectivity index (χ4v) is 5.00. The van der Waals surface area contributed by atoms with E-state index >= 15 is 0 Å². The van der Waals surface area contributed by atoms with Crippen LogP contribution in [-0.2, 0) is 9.53 Å². The molecule has 0 unspecified atom stereocenters. The van der Waals surface area contributed by atoms with Crippen molar-refractivity contribution in [2.24, 2.45) is 11.8 Å². The summed E-state index contributed by atoms with van der Waals surface area (Å²) < 4.78 is 5.33. The van der Waals surface area contributed by atoms with Gasteiger partial charge in [0.2, 0.25) is 5.91 Å². The number of hydrogen-bond acceptors (Lipinski definition) is 4. The molecule has 1 N–H and O–H groups in total. The number of rotatable bonds is 4. The predicted molar refractivity (Wildman–Crippen MR) is 91.2 cm³/mol. The van der Waals surface area contributed by atoms with Crippen LogP contribution in [0.3, 0.4) is 0 Å². The van der Waals surface area contributed by atoms with Gasteiger partial charge in [0.1, 0.15) is 0 Å². The van der Waals surface area contributed by atoms with Gasteiger partial charge in [-0.15, -0.1) is 0 Å². The summed E-state index contributed by atoms with van der Waals surface area (Å²) in [6, 6.07) is 0.832. The van der Waals surface area contributed by atoms with E-state index in [2.05, 4.69) is 22.0 Å². The molecule has 0 bridgehead atoms. The summed E-state index contributed by atoms with van der Waals surface area (Å²) in [6.07, 6.45) is 7.02. The zero-order valence-corrected chi connectivity index (χ0v) is 14.4. The van der Waals surface area contributed by atoms with E-state index in [-0.39, 0.29) is 11.8 Å². The van der Waals surface area contributed by atoms with E-state index in [1.807, 2.05) is 0 Å². The SMILES string of the molecule is O=C(NCC1CCN(C2CCSCC2)CC1)C1CCOCC1. The highest BCUT2D eigenvalue weighted by Crippen LogP contribution is 2.26. The number of nitrogens with one attached hydrogen (secondary N) is 1. The highest BCUT2D eigenvalue weighted by atomic mass is 32.2. The number of thioether (sulfide) groups is 1. The molecule has 126 valence electrons. The molecule has 5 heteroatoms. The van der Waals surface area contributed by atoms with Crippen molar-refractivity contribution in [1.82, 2.24) is 10.2 Å². The number of ether oxygens (including phenoxy) is 1.